The molecule has 1 atom stereocenters. The number of carbonyl (C=O) groups is 3. The monoisotopic (exact) mass is 465 g/mol. The summed E-state index contributed by atoms with van der Waals surface area (Å²) >= 11 is 5.94. The third kappa shape index (κ3) is 5.21. The highest BCUT2D eigenvalue weighted by Gasteiger charge is 2.46. The molecular weight excluding hydrogens is 445 g/mol. The highest BCUT2D eigenvalue weighted by molar-refractivity contribution is 6.30. The average molecular weight is 466 g/mol. The normalized spacial score (nSPS) is 15.8. The minimum absolute atomic E-state index is 0.197. The maximum atomic E-state index is 13.4. The van der Waals surface area contributed by atoms with E-state index >= 15 is 0 Å². The summed E-state index contributed by atoms with van der Waals surface area (Å²) in [5, 5.41) is 3.36. The molecule has 0 bridgehead atoms. The van der Waals surface area contributed by atoms with Crippen LogP contribution in [-0.4, -0.2) is 35.3 Å². The minimum Gasteiger partial charge on any atom is -0.326 e. The first-order valence-electron chi connectivity index (χ1n) is 10.4. The standard InChI is InChI=1S/C25H21ClFN3O3/c26-18-8-6-17(7-9-18)14-15-29-22(16-23(31)28-20-4-2-1-3-5-20)24(32)30(25(29)33)21-12-10-19(27)11-13-21/h1-13,22H,14-16H2,(H,28,31). The summed E-state index contributed by atoms with van der Waals surface area (Å²) in [7, 11) is 0. The van der Waals surface area contributed by atoms with E-state index in [1.165, 1.54) is 29.2 Å². The van der Waals surface area contributed by atoms with Gasteiger partial charge in [0.15, 0.2) is 0 Å². The zero-order valence-electron chi connectivity index (χ0n) is 17.6. The van der Waals surface area contributed by atoms with Gasteiger partial charge in [-0.3, -0.25) is 9.59 Å². The highest BCUT2D eigenvalue weighted by atomic mass is 35.5. The summed E-state index contributed by atoms with van der Waals surface area (Å²) in [5.41, 5.74) is 1.80. The smallest absolute Gasteiger partial charge is 0.326 e. The van der Waals surface area contributed by atoms with Crippen molar-refractivity contribution in [3.8, 4) is 0 Å². The Balaban J connectivity index is 1.55. The van der Waals surface area contributed by atoms with E-state index in [1.807, 2.05) is 18.2 Å². The number of rotatable bonds is 7. The Labute approximate surface area is 195 Å². The first-order valence-corrected chi connectivity index (χ1v) is 10.8. The quantitative estimate of drug-likeness (QED) is 0.505. The molecule has 1 fully saturated rings. The molecule has 0 aliphatic carbocycles. The summed E-state index contributed by atoms with van der Waals surface area (Å²) in [6, 6.07) is 19.7. The van der Waals surface area contributed by atoms with Crippen LogP contribution in [-0.2, 0) is 16.0 Å². The van der Waals surface area contributed by atoms with Crippen molar-refractivity contribution in [2.75, 3.05) is 16.8 Å². The number of para-hydroxylation sites is 1. The van der Waals surface area contributed by atoms with E-state index in [2.05, 4.69) is 5.32 Å². The number of hydrogen-bond acceptors (Lipinski definition) is 3. The fraction of sp³-hybridized carbons (Fsp3) is 0.160. The second-order valence-corrected chi connectivity index (χ2v) is 8.07. The molecule has 4 rings (SSSR count). The highest BCUT2D eigenvalue weighted by Crippen LogP contribution is 2.28. The predicted molar refractivity (Wildman–Crippen MR) is 125 cm³/mol. The lowest BCUT2D eigenvalue weighted by molar-refractivity contribution is -0.124. The molecule has 0 spiro atoms. The fourth-order valence-electron chi connectivity index (χ4n) is 3.72. The largest absolute Gasteiger partial charge is 0.332 e. The van der Waals surface area contributed by atoms with Crippen LogP contribution in [0.4, 0.5) is 20.6 Å². The zero-order valence-corrected chi connectivity index (χ0v) is 18.3. The van der Waals surface area contributed by atoms with Crippen LogP contribution >= 0.6 is 11.6 Å². The maximum absolute atomic E-state index is 13.4. The van der Waals surface area contributed by atoms with Crippen molar-refractivity contribution in [3.63, 3.8) is 0 Å². The molecular formula is C25H21ClFN3O3. The number of carbonyl (C=O) groups excluding carboxylic acids is 3. The molecule has 4 amide bonds. The van der Waals surface area contributed by atoms with Gasteiger partial charge in [-0.25, -0.2) is 14.1 Å². The van der Waals surface area contributed by atoms with Gasteiger partial charge in [-0.2, -0.15) is 0 Å². The van der Waals surface area contributed by atoms with Crippen LogP contribution in [0.2, 0.25) is 5.02 Å². The van der Waals surface area contributed by atoms with E-state index < -0.39 is 23.8 Å². The molecule has 168 valence electrons. The van der Waals surface area contributed by atoms with Crippen molar-refractivity contribution in [3.05, 3.63) is 95.3 Å². The molecule has 33 heavy (non-hydrogen) atoms. The summed E-state index contributed by atoms with van der Waals surface area (Å²) in [5.74, 6) is -1.38. The zero-order chi connectivity index (χ0) is 23.4. The van der Waals surface area contributed by atoms with Crippen molar-refractivity contribution in [1.29, 1.82) is 0 Å². The Morgan fingerprint density at radius 3 is 2.27 bits per heavy atom. The topological polar surface area (TPSA) is 69.7 Å². The molecule has 6 nitrogen and oxygen atoms in total. The van der Waals surface area contributed by atoms with Gasteiger partial charge >= 0.3 is 6.03 Å². The Hall–Kier alpha value is -3.71. The maximum Gasteiger partial charge on any atom is 0.332 e. The van der Waals surface area contributed by atoms with Crippen LogP contribution in [0.5, 0.6) is 0 Å². The van der Waals surface area contributed by atoms with Crippen molar-refractivity contribution in [1.82, 2.24) is 4.90 Å². The number of nitrogens with one attached hydrogen (secondary N) is 1. The van der Waals surface area contributed by atoms with Gasteiger partial charge in [0.25, 0.3) is 5.91 Å². The first kappa shape index (κ1) is 22.5. The van der Waals surface area contributed by atoms with E-state index in [-0.39, 0.29) is 24.6 Å². The minimum atomic E-state index is -0.974. The van der Waals surface area contributed by atoms with E-state index in [1.54, 1.807) is 36.4 Å². The Kier molecular flexibility index (Phi) is 6.70. The third-order valence-electron chi connectivity index (χ3n) is 5.39. The van der Waals surface area contributed by atoms with Crippen LogP contribution in [0.15, 0.2) is 78.9 Å². The van der Waals surface area contributed by atoms with Crippen LogP contribution in [0.1, 0.15) is 12.0 Å². The molecule has 0 aromatic heterocycles. The van der Waals surface area contributed by atoms with Gasteiger partial charge in [-0.1, -0.05) is 41.9 Å². The molecule has 1 heterocycles. The van der Waals surface area contributed by atoms with Gasteiger partial charge in [0, 0.05) is 17.3 Å². The number of anilines is 2. The molecule has 1 aliphatic heterocycles. The number of amides is 4. The lowest BCUT2D eigenvalue weighted by Gasteiger charge is -2.21. The first-order chi connectivity index (χ1) is 15.9. The number of nitrogens with zero attached hydrogens (tertiary/aromatic N) is 2. The van der Waals surface area contributed by atoms with Crippen molar-refractivity contribution >= 4 is 40.8 Å². The second kappa shape index (κ2) is 9.83. The van der Waals surface area contributed by atoms with Gasteiger partial charge in [0.05, 0.1) is 12.1 Å². The molecule has 1 unspecified atom stereocenters. The Morgan fingerprint density at radius 2 is 1.61 bits per heavy atom. The van der Waals surface area contributed by atoms with Gasteiger partial charge in [0.2, 0.25) is 5.91 Å². The van der Waals surface area contributed by atoms with Crippen molar-refractivity contribution in [2.24, 2.45) is 0 Å². The molecule has 0 saturated carbocycles. The summed E-state index contributed by atoms with van der Waals surface area (Å²) in [4.78, 5) is 41.5. The van der Waals surface area contributed by atoms with Crippen LogP contribution in [0.25, 0.3) is 0 Å². The lowest BCUT2D eigenvalue weighted by Crippen LogP contribution is -2.39. The second-order valence-electron chi connectivity index (χ2n) is 7.64. The molecule has 1 N–H and O–H groups in total. The predicted octanol–water partition coefficient (Wildman–Crippen LogP) is 4.89. The summed E-state index contributed by atoms with van der Waals surface area (Å²) in [6.45, 7) is 0.229. The SMILES string of the molecule is O=C(CC1C(=O)N(c2ccc(F)cc2)C(=O)N1CCc1ccc(Cl)cc1)Nc1ccccc1. The molecule has 3 aromatic rings. The fourth-order valence-corrected chi connectivity index (χ4v) is 3.85. The number of urea groups is 1. The number of halogens is 2. The third-order valence-corrected chi connectivity index (χ3v) is 5.65. The van der Waals surface area contributed by atoms with Crippen LogP contribution < -0.4 is 10.2 Å². The average Bonchev–Trinajstić information content (AvgIpc) is 3.03. The number of benzene rings is 3. The van der Waals surface area contributed by atoms with Gasteiger partial charge < -0.3 is 10.2 Å². The number of hydrogen-bond donors (Lipinski definition) is 1. The van der Waals surface area contributed by atoms with Gasteiger partial charge in [-0.15, -0.1) is 0 Å². The van der Waals surface area contributed by atoms with E-state index in [4.69, 9.17) is 11.6 Å². The molecule has 1 saturated heterocycles. The Morgan fingerprint density at radius 1 is 0.939 bits per heavy atom. The lowest BCUT2D eigenvalue weighted by atomic mass is 10.1. The molecule has 8 heteroatoms. The van der Waals surface area contributed by atoms with Gasteiger partial charge in [0.1, 0.15) is 11.9 Å². The molecule has 0 radical (unpaired) electrons. The number of imide groups is 1. The summed E-state index contributed by atoms with van der Waals surface area (Å²) < 4.78 is 13.4. The molecule has 1 aliphatic rings. The summed E-state index contributed by atoms with van der Waals surface area (Å²) in [6.07, 6.45) is 0.280. The molecule has 3 aromatic carbocycles. The van der Waals surface area contributed by atoms with Crippen LogP contribution in [0.3, 0.4) is 0 Å². The van der Waals surface area contributed by atoms with E-state index in [0.29, 0.717) is 17.1 Å². The van der Waals surface area contributed by atoms with Crippen LogP contribution in [0, 0.1) is 5.82 Å². The van der Waals surface area contributed by atoms with E-state index in [9.17, 15) is 18.8 Å². The van der Waals surface area contributed by atoms with Crippen molar-refractivity contribution < 1.29 is 18.8 Å². The Bertz CT molecular complexity index is 1150. The van der Waals surface area contributed by atoms with E-state index in [0.717, 1.165) is 10.5 Å². The van der Waals surface area contributed by atoms with Gasteiger partial charge in [-0.05, 0) is 60.5 Å². The van der Waals surface area contributed by atoms with Crippen molar-refractivity contribution in [2.45, 2.75) is 18.9 Å².